The van der Waals surface area contributed by atoms with E-state index in [-0.39, 0.29) is 22.2 Å². The molecule has 0 radical (unpaired) electrons. The number of carbonyl (C=O) groups is 1. The van der Waals surface area contributed by atoms with Crippen molar-refractivity contribution in [3.8, 4) is 0 Å². The van der Waals surface area contributed by atoms with Crippen LogP contribution in [0, 0.1) is 12.3 Å². The van der Waals surface area contributed by atoms with Crippen molar-refractivity contribution in [3.63, 3.8) is 0 Å². The largest absolute Gasteiger partial charge is 0.387 e. The highest BCUT2D eigenvalue weighted by Gasteiger charge is 2.42. The van der Waals surface area contributed by atoms with Crippen molar-refractivity contribution in [2.75, 3.05) is 6.26 Å². The van der Waals surface area contributed by atoms with Crippen LogP contribution in [0.3, 0.4) is 0 Å². The molecular weight excluding hydrogens is 382 g/mol. The number of allylic oxidation sites excluding steroid dienone is 1. The van der Waals surface area contributed by atoms with Gasteiger partial charge in [-0.15, -0.1) is 11.8 Å². The third-order valence-corrected chi connectivity index (χ3v) is 6.42. The SMILES string of the molecule is Cc1ccc(C2=NC(C3=C(OS(C)(=O)=O)CC(C)(C)CC3=O)C(C)S2)cc1. The Hall–Kier alpha value is -1.60. The van der Waals surface area contributed by atoms with Gasteiger partial charge < -0.3 is 4.18 Å². The smallest absolute Gasteiger partial charge is 0.305 e. The third kappa shape index (κ3) is 4.63. The van der Waals surface area contributed by atoms with Crippen molar-refractivity contribution in [1.29, 1.82) is 0 Å². The number of rotatable bonds is 4. The summed E-state index contributed by atoms with van der Waals surface area (Å²) >= 11 is 1.61. The molecule has 2 aliphatic rings. The number of hydrogen-bond acceptors (Lipinski definition) is 6. The number of aryl methyl sites for hydroxylation is 1. The molecule has 0 N–H and O–H groups in total. The molecule has 2 atom stereocenters. The molecule has 0 spiro atoms. The van der Waals surface area contributed by atoms with Gasteiger partial charge in [-0.1, -0.05) is 50.6 Å². The first-order chi connectivity index (χ1) is 12.5. The van der Waals surface area contributed by atoms with Crippen LogP contribution in [0.1, 0.15) is 44.7 Å². The fourth-order valence-electron chi connectivity index (χ4n) is 3.50. The van der Waals surface area contributed by atoms with Crippen molar-refractivity contribution < 1.29 is 17.4 Å². The first kappa shape index (κ1) is 20.1. The standard InChI is InChI=1S/C20H25NO4S2/c1-12-6-8-14(9-7-12)19-21-18(13(2)26-19)17-15(22)10-20(3,4)11-16(17)25-27(5,23)24/h6-9,13,18H,10-11H2,1-5H3. The van der Waals surface area contributed by atoms with Crippen molar-refractivity contribution in [2.45, 2.75) is 51.8 Å². The number of Topliss-reactive ketones (excluding diaryl/α,β-unsaturated/α-hetero) is 1. The predicted octanol–water partition coefficient (Wildman–Crippen LogP) is 3.86. The van der Waals surface area contributed by atoms with E-state index in [0.717, 1.165) is 16.9 Å². The molecular formula is C20H25NO4S2. The fraction of sp³-hybridized carbons (Fsp3) is 0.500. The molecule has 1 aromatic carbocycles. The second kappa shape index (κ2) is 7.09. The molecule has 0 amide bonds. The molecule has 5 nitrogen and oxygen atoms in total. The van der Waals surface area contributed by atoms with Gasteiger partial charge in [0.25, 0.3) is 0 Å². The number of benzene rings is 1. The van der Waals surface area contributed by atoms with Crippen molar-refractivity contribution in [2.24, 2.45) is 10.4 Å². The van der Waals surface area contributed by atoms with E-state index in [9.17, 15) is 13.2 Å². The van der Waals surface area contributed by atoms with Crippen LogP contribution in [0.15, 0.2) is 40.6 Å². The van der Waals surface area contributed by atoms with Gasteiger partial charge in [-0.05, 0) is 12.3 Å². The lowest BCUT2D eigenvalue weighted by Crippen LogP contribution is -2.34. The van der Waals surface area contributed by atoms with Crippen LogP contribution in [0.25, 0.3) is 0 Å². The summed E-state index contributed by atoms with van der Waals surface area (Å²) in [5.74, 6) is 0.182. The lowest BCUT2D eigenvalue weighted by molar-refractivity contribution is -0.118. The lowest BCUT2D eigenvalue weighted by Gasteiger charge is -2.33. The maximum Gasteiger partial charge on any atom is 0.305 e. The van der Waals surface area contributed by atoms with E-state index in [2.05, 4.69) is 0 Å². The summed E-state index contributed by atoms with van der Waals surface area (Å²) in [4.78, 5) is 17.7. The van der Waals surface area contributed by atoms with Crippen LogP contribution in [-0.2, 0) is 19.1 Å². The van der Waals surface area contributed by atoms with Gasteiger partial charge in [0.15, 0.2) is 5.78 Å². The molecule has 2 unspecified atom stereocenters. The highest BCUT2D eigenvalue weighted by Crippen LogP contribution is 2.43. The minimum atomic E-state index is -3.71. The van der Waals surface area contributed by atoms with Crippen molar-refractivity contribution in [3.05, 3.63) is 46.7 Å². The summed E-state index contributed by atoms with van der Waals surface area (Å²) in [6, 6.07) is 7.70. The molecule has 1 aliphatic heterocycles. The minimum Gasteiger partial charge on any atom is -0.387 e. The summed E-state index contributed by atoms with van der Waals surface area (Å²) in [5.41, 5.74) is 2.26. The van der Waals surface area contributed by atoms with Crippen LogP contribution in [0.2, 0.25) is 0 Å². The van der Waals surface area contributed by atoms with E-state index in [0.29, 0.717) is 18.4 Å². The summed E-state index contributed by atoms with van der Waals surface area (Å²) in [6.07, 6.45) is 1.78. The van der Waals surface area contributed by atoms with Gasteiger partial charge in [-0.3, -0.25) is 9.79 Å². The maximum absolute atomic E-state index is 12.9. The fourth-order valence-corrected chi connectivity index (χ4v) is 5.14. The molecule has 1 heterocycles. The van der Waals surface area contributed by atoms with Gasteiger partial charge in [-0.25, -0.2) is 0 Å². The van der Waals surface area contributed by atoms with Gasteiger partial charge in [0.05, 0.1) is 22.9 Å². The molecule has 146 valence electrons. The highest BCUT2D eigenvalue weighted by atomic mass is 32.2. The topological polar surface area (TPSA) is 72.8 Å². The summed E-state index contributed by atoms with van der Waals surface area (Å²) in [5, 5.41) is 0.899. The third-order valence-electron chi connectivity index (χ3n) is 4.72. The molecule has 0 fully saturated rings. The number of carbonyl (C=O) groups excluding carboxylic acids is 1. The van der Waals surface area contributed by atoms with E-state index in [4.69, 9.17) is 9.18 Å². The highest BCUT2D eigenvalue weighted by molar-refractivity contribution is 8.15. The Morgan fingerprint density at radius 3 is 2.41 bits per heavy atom. The van der Waals surface area contributed by atoms with Crippen LogP contribution in [0.4, 0.5) is 0 Å². The van der Waals surface area contributed by atoms with Crippen LogP contribution >= 0.6 is 11.8 Å². The van der Waals surface area contributed by atoms with Gasteiger partial charge in [0, 0.05) is 23.7 Å². The van der Waals surface area contributed by atoms with Crippen LogP contribution in [0.5, 0.6) is 0 Å². The number of aliphatic imine (C=N–C) groups is 1. The average molecular weight is 408 g/mol. The second-order valence-electron chi connectivity index (χ2n) is 8.13. The van der Waals surface area contributed by atoms with E-state index < -0.39 is 16.2 Å². The zero-order valence-electron chi connectivity index (χ0n) is 16.3. The van der Waals surface area contributed by atoms with Crippen LogP contribution < -0.4 is 0 Å². The maximum atomic E-state index is 12.9. The predicted molar refractivity (Wildman–Crippen MR) is 110 cm³/mol. The van der Waals surface area contributed by atoms with E-state index >= 15 is 0 Å². The summed E-state index contributed by atoms with van der Waals surface area (Å²) in [7, 11) is -3.71. The van der Waals surface area contributed by atoms with Crippen LogP contribution in [-0.4, -0.2) is 36.8 Å². The number of hydrogen-bond donors (Lipinski definition) is 0. The normalized spacial score (nSPS) is 25.5. The zero-order valence-corrected chi connectivity index (χ0v) is 17.9. The Bertz CT molecular complexity index is 927. The Balaban J connectivity index is 2.04. The van der Waals surface area contributed by atoms with E-state index in [1.165, 1.54) is 5.56 Å². The first-order valence-corrected chi connectivity index (χ1v) is 11.6. The molecule has 1 aliphatic carbocycles. The van der Waals surface area contributed by atoms with Crippen molar-refractivity contribution in [1.82, 2.24) is 0 Å². The summed E-state index contributed by atoms with van der Waals surface area (Å²) < 4.78 is 28.8. The van der Waals surface area contributed by atoms with Gasteiger partial charge in [0.1, 0.15) is 5.76 Å². The molecule has 0 saturated carbocycles. The lowest BCUT2D eigenvalue weighted by atomic mass is 9.75. The Morgan fingerprint density at radius 1 is 1.19 bits per heavy atom. The van der Waals surface area contributed by atoms with Gasteiger partial charge in [0.2, 0.25) is 0 Å². The molecule has 0 aromatic heterocycles. The minimum absolute atomic E-state index is 0.0274. The monoisotopic (exact) mass is 407 g/mol. The number of nitrogens with zero attached hydrogens (tertiary/aromatic N) is 1. The Kier molecular flexibility index (Phi) is 5.29. The summed E-state index contributed by atoms with van der Waals surface area (Å²) in [6.45, 7) is 7.93. The number of thioether (sulfide) groups is 1. The molecule has 1 aromatic rings. The first-order valence-electron chi connectivity index (χ1n) is 8.92. The molecule has 0 saturated heterocycles. The van der Waals surface area contributed by atoms with Gasteiger partial charge >= 0.3 is 10.1 Å². The zero-order chi connectivity index (χ0) is 20.0. The molecule has 27 heavy (non-hydrogen) atoms. The van der Waals surface area contributed by atoms with Crippen molar-refractivity contribution >= 4 is 32.7 Å². The van der Waals surface area contributed by atoms with Gasteiger partial charge in [-0.2, -0.15) is 8.42 Å². The second-order valence-corrected chi connectivity index (χ2v) is 11.1. The quantitative estimate of drug-likeness (QED) is 0.709. The van der Waals surface area contributed by atoms with E-state index in [1.807, 2.05) is 52.0 Å². The molecule has 7 heteroatoms. The number of ketones is 1. The molecule has 3 rings (SSSR count). The molecule has 0 bridgehead atoms. The van der Waals surface area contributed by atoms with E-state index in [1.54, 1.807) is 11.8 Å². The Morgan fingerprint density at radius 2 is 1.81 bits per heavy atom. The Labute approximate surface area is 165 Å². The average Bonchev–Trinajstić information content (AvgIpc) is 2.86.